The van der Waals surface area contributed by atoms with E-state index in [0.29, 0.717) is 17.1 Å². The number of ether oxygens (including phenoxy) is 1. The van der Waals surface area contributed by atoms with Gasteiger partial charge in [0.2, 0.25) is 0 Å². The molecule has 2 aromatic carbocycles. The topological polar surface area (TPSA) is 56.2 Å². The zero-order chi connectivity index (χ0) is 18.7. The van der Waals surface area contributed by atoms with Gasteiger partial charge in [-0.1, -0.05) is 15.9 Å². The minimum absolute atomic E-state index is 0.164. The Labute approximate surface area is 158 Å². The molecular formula is C19H17BrFN3O2. The Balaban J connectivity index is 1.64. The number of nitrogens with zero attached hydrogens (tertiary/aromatic N) is 2. The van der Waals surface area contributed by atoms with Gasteiger partial charge in [-0.2, -0.15) is 5.10 Å². The van der Waals surface area contributed by atoms with Crippen LogP contribution in [0.4, 0.5) is 10.1 Å². The van der Waals surface area contributed by atoms with Crippen LogP contribution in [0.15, 0.2) is 53.0 Å². The number of amides is 1. The number of nitrogens with one attached hydrogen (secondary N) is 1. The predicted molar refractivity (Wildman–Crippen MR) is 101 cm³/mol. The zero-order valence-corrected chi connectivity index (χ0v) is 15.9. The predicted octanol–water partition coefficient (Wildman–Crippen LogP) is 4.41. The molecule has 0 saturated carbocycles. The molecule has 1 heterocycles. The number of carbonyl (C=O) groups excluding carboxylic acids is 1. The molecule has 0 spiro atoms. The van der Waals surface area contributed by atoms with Gasteiger partial charge in [-0.15, -0.1) is 0 Å². The number of benzene rings is 2. The summed E-state index contributed by atoms with van der Waals surface area (Å²) >= 11 is 3.33. The summed E-state index contributed by atoms with van der Waals surface area (Å²) in [5, 5.41) is 6.89. The van der Waals surface area contributed by atoms with E-state index in [1.807, 2.05) is 32.0 Å². The summed E-state index contributed by atoms with van der Waals surface area (Å²) < 4.78 is 22.3. The summed E-state index contributed by atoms with van der Waals surface area (Å²) in [6.07, 6.45) is 0. The van der Waals surface area contributed by atoms with Crippen LogP contribution in [0, 0.1) is 19.7 Å². The molecule has 0 aliphatic heterocycles. The second-order valence-corrected chi connectivity index (χ2v) is 6.71. The third-order valence-electron chi connectivity index (χ3n) is 3.65. The van der Waals surface area contributed by atoms with Crippen LogP contribution in [0.5, 0.6) is 5.75 Å². The van der Waals surface area contributed by atoms with Gasteiger partial charge in [0, 0.05) is 15.9 Å². The molecule has 7 heteroatoms. The maximum atomic E-state index is 14.4. The number of aromatic nitrogens is 2. The molecule has 0 aliphatic rings. The van der Waals surface area contributed by atoms with E-state index in [1.165, 1.54) is 10.7 Å². The van der Waals surface area contributed by atoms with Crippen LogP contribution in [0.3, 0.4) is 0 Å². The van der Waals surface area contributed by atoms with E-state index in [1.54, 1.807) is 24.3 Å². The van der Waals surface area contributed by atoms with Crippen LogP contribution in [-0.4, -0.2) is 22.3 Å². The monoisotopic (exact) mass is 417 g/mol. The largest absolute Gasteiger partial charge is 0.484 e. The number of rotatable bonds is 5. The molecule has 0 unspecified atom stereocenters. The average Bonchev–Trinajstić information content (AvgIpc) is 2.93. The number of carbonyl (C=O) groups is 1. The minimum Gasteiger partial charge on any atom is -0.484 e. The lowest BCUT2D eigenvalue weighted by molar-refractivity contribution is -0.118. The zero-order valence-electron chi connectivity index (χ0n) is 14.3. The molecule has 0 bridgehead atoms. The van der Waals surface area contributed by atoms with Crippen molar-refractivity contribution in [3.05, 3.63) is 70.2 Å². The van der Waals surface area contributed by atoms with Crippen molar-refractivity contribution in [2.24, 2.45) is 0 Å². The van der Waals surface area contributed by atoms with Crippen LogP contribution in [-0.2, 0) is 4.79 Å². The first kappa shape index (κ1) is 18.1. The van der Waals surface area contributed by atoms with Crippen LogP contribution < -0.4 is 10.1 Å². The van der Waals surface area contributed by atoms with E-state index in [0.717, 1.165) is 15.9 Å². The van der Waals surface area contributed by atoms with Crippen molar-refractivity contribution in [1.29, 1.82) is 0 Å². The second-order valence-electron chi connectivity index (χ2n) is 5.80. The second kappa shape index (κ2) is 7.70. The molecule has 3 rings (SSSR count). The van der Waals surface area contributed by atoms with Crippen LogP contribution in [0.1, 0.15) is 11.4 Å². The molecule has 3 aromatic rings. The van der Waals surface area contributed by atoms with Crippen molar-refractivity contribution in [2.45, 2.75) is 13.8 Å². The lowest BCUT2D eigenvalue weighted by Crippen LogP contribution is -2.20. The Morgan fingerprint density at radius 3 is 2.54 bits per heavy atom. The highest BCUT2D eigenvalue weighted by atomic mass is 79.9. The Kier molecular flexibility index (Phi) is 5.37. The highest BCUT2D eigenvalue weighted by molar-refractivity contribution is 9.10. The summed E-state index contributed by atoms with van der Waals surface area (Å²) in [4.78, 5) is 12.0. The van der Waals surface area contributed by atoms with Crippen molar-refractivity contribution in [3.8, 4) is 11.4 Å². The lowest BCUT2D eigenvalue weighted by atomic mass is 10.2. The quantitative estimate of drug-likeness (QED) is 0.668. The van der Waals surface area contributed by atoms with Gasteiger partial charge in [-0.05, 0) is 62.4 Å². The van der Waals surface area contributed by atoms with Crippen LogP contribution in [0.2, 0.25) is 0 Å². The molecule has 1 amide bonds. The molecule has 134 valence electrons. The molecule has 1 N–H and O–H groups in total. The van der Waals surface area contributed by atoms with Gasteiger partial charge in [0.05, 0.1) is 5.69 Å². The molecule has 0 radical (unpaired) electrons. The molecule has 1 aromatic heterocycles. The van der Waals surface area contributed by atoms with Gasteiger partial charge in [0.1, 0.15) is 11.4 Å². The first-order valence-electron chi connectivity index (χ1n) is 7.94. The van der Waals surface area contributed by atoms with Gasteiger partial charge in [-0.25, -0.2) is 9.07 Å². The molecule has 26 heavy (non-hydrogen) atoms. The Morgan fingerprint density at radius 2 is 1.92 bits per heavy atom. The molecule has 0 atom stereocenters. The van der Waals surface area contributed by atoms with Gasteiger partial charge in [-0.3, -0.25) is 4.79 Å². The molecular weight excluding hydrogens is 401 g/mol. The summed E-state index contributed by atoms with van der Waals surface area (Å²) in [5.74, 6) is -0.261. The van der Waals surface area contributed by atoms with E-state index in [9.17, 15) is 9.18 Å². The number of halogens is 2. The third-order valence-corrected chi connectivity index (χ3v) is 4.18. The van der Waals surface area contributed by atoms with Gasteiger partial charge < -0.3 is 10.1 Å². The maximum absolute atomic E-state index is 14.4. The third kappa shape index (κ3) is 4.29. The summed E-state index contributed by atoms with van der Waals surface area (Å²) in [6, 6.07) is 13.5. The fourth-order valence-corrected chi connectivity index (χ4v) is 2.77. The molecule has 0 fully saturated rings. The number of anilines is 1. The van der Waals surface area contributed by atoms with E-state index in [4.69, 9.17) is 4.74 Å². The summed E-state index contributed by atoms with van der Waals surface area (Å²) in [7, 11) is 0. The van der Waals surface area contributed by atoms with E-state index in [-0.39, 0.29) is 12.5 Å². The van der Waals surface area contributed by atoms with Gasteiger partial charge >= 0.3 is 0 Å². The van der Waals surface area contributed by atoms with Crippen molar-refractivity contribution in [3.63, 3.8) is 0 Å². The van der Waals surface area contributed by atoms with Crippen molar-refractivity contribution in [2.75, 3.05) is 11.9 Å². The first-order valence-corrected chi connectivity index (χ1v) is 8.73. The minimum atomic E-state index is -0.470. The lowest BCUT2D eigenvalue weighted by Gasteiger charge is -2.10. The highest BCUT2D eigenvalue weighted by Crippen LogP contribution is 2.20. The molecule has 5 nitrogen and oxygen atoms in total. The van der Waals surface area contributed by atoms with Gasteiger partial charge in [0.15, 0.2) is 12.4 Å². The SMILES string of the molecule is Cc1cc(C)n(-c2ccc(NC(=O)COc3ccc(Br)cc3)cc2F)n1. The van der Waals surface area contributed by atoms with Crippen molar-refractivity contribution in [1.82, 2.24) is 9.78 Å². The fraction of sp³-hybridized carbons (Fsp3) is 0.158. The Morgan fingerprint density at radius 1 is 1.19 bits per heavy atom. The van der Waals surface area contributed by atoms with E-state index < -0.39 is 5.82 Å². The van der Waals surface area contributed by atoms with E-state index in [2.05, 4.69) is 26.3 Å². The normalized spacial score (nSPS) is 10.6. The first-order chi connectivity index (χ1) is 12.4. The Hall–Kier alpha value is -2.67. The standard InChI is InChI=1S/C19H17BrFN3O2/c1-12-9-13(2)24(23-12)18-8-5-15(10-17(18)21)22-19(25)11-26-16-6-3-14(20)4-7-16/h3-10H,11H2,1-2H3,(H,22,25). The molecule has 0 aliphatic carbocycles. The highest BCUT2D eigenvalue weighted by Gasteiger charge is 2.11. The summed E-state index contributed by atoms with van der Waals surface area (Å²) in [6.45, 7) is 3.54. The number of hydrogen-bond acceptors (Lipinski definition) is 3. The van der Waals surface area contributed by atoms with Crippen molar-refractivity contribution < 1.29 is 13.9 Å². The smallest absolute Gasteiger partial charge is 0.262 e. The summed E-state index contributed by atoms with van der Waals surface area (Å²) in [5.41, 5.74) is 2.34. The fourth-order valence-electron chi connectivity index (χ4n) is 2.51. The number of aryl methyl sites for hydroxylation is 2. The van der Waals surface area contributed by atoms with Crippen LogP contribution in [0.25, 0.3) is 5.69 Å². The van der Waals surface area contributed by atoms with Crippen LogP contribution >= 0.6 is 15.9 Å². The average molecular weight is 418 g/mol. The van der Waals surface area contributed by atoms with Crippen molar-refractivity contribution >= 4 is 27.5 Å². The van der Waals surface area contributed by atoms with Gasteiger partial charge in [0.25, 0.3) is 5.91 Å². The molecule has 0 saturated heterocycles. The maximum Gasteiger partial charge on any atom is 0.262 e. The Bertz CT molecular complexity index is 938. The number of hydrogen-bond donors (Lipinski definition) is 1. The van der Waals surface area contributed by atoms with E-state index >= 15 is 0 Å².